The van der Waals surface area contributed by atoms with E-state index in [-0.39, 0.29) is 11.4 Å². The van der Waals surface area contributed by atoms with Gasteiger partial charge in [0, 0.05) is 0 Å². The summed E-state index contributed by atoms with van der Waals surface area (Å²) in [5.41, 5.74) is 13.6. The number of benzene rings is 2. The van der Waals surface area contributed by atoms with E-state index < -0.39 is 6.04 Å². The first-order chi connectivity index (χ1) is 17.9. The molecule has 2 aromatic carbocycles. The Morgan fingerprint density at radius 3 is 2.51 bits per heavy atom. The lowest BCUT2D eigenvalue weighted by Gasteiger charge is -2.21. The maximum absolute atomic E-state index is 13.7. The van der Waals surface area contributed by atoms with Crippen molar-refractivity contribution in [2.24, 2.45) is 0 Å². The van der Waals surface area contributed by atoms with Crippen LogP contribution in [0, 0.1) is 11.8 Å². The first-order valence-corrected chi connectivity index (χ1v) is 11.7. The van der Waals surface area contributed by atoms with Crippen LogP contribution in [0.3, 0.4) is 0 Å². The lowest BCUT2D eigenvalue weighted by atomic mass is 10.2. The Labute approximate surface area is 217 Å². The maximum atomic E-state index is 13.7. The number of hydrogen-bond donors (Lipinski definition) is 3. The Balaban J connectivity index is 1.61. The Kier molecular flexibility index (Phi) is 6.41. The van der Waals surface area contributed by atoms with Gasteiger partial charge in [0.05, 0.1) is 27.7 Å². The highest BCUT2D eigenvalue weighted by atomic mass is 35.5. The number of nitrogens with one attached hydrogen (secondary N) is 1. The average molecular weight is 509 g/mol. The molecule has 5 N–H and O–H groups in total. The summed E-state index contributed by atoms with van der Waals surface area (Å²) in [6.45, 7) is 1.87. The second kappa shape index (κ2) is 9.97. The molecule has 0 saturated heterocycles. The molecule has 5 rings (SSSR count). The highest BCUT2D eigenvalue weighted by Gasteiger charge is 2.21. The van der Waals surface area contributed by atoms with E-state index in [1.165, 1.54) is 6.33 Å². The summed E-state index contributed by atoms with van der Waals surface area (Å²) >= 11 is 6.39. The summed E-state index contributed by atoms with van der Waals surface area (Å²) in [6.07, 6.45) is 1.34. The number of rotatable bonds is 4. The molecule has 0 aliphatic carbocycles. The lowest BCUT2D eigenvalue weighted by Crippen LogP contribution is -2.27. The van der Waals surface area contributed by atoms with Crippen molar-refractivity contribution in [2.75, 3.05) is 16.8 Å². The summed E-state index contributed by atoms with van der Waals surface area (Å²) < 4.78 is 1.54. The van der Waals surface area contributed by atoms with Gasteiger partial charge in [0.15, 0.2) is 0 Å². The van der Waals surface area contributed by atoms with Crippen LogP contribution in [-0.2, 0) is 0 Å². The molecule has 0 saturated carbocycles. The molecule has 5 aromatic rings. The average Bonchev–Trinajstić information content (AvgIpc) is 2.88. The molecule has 0 bridgehead atoms. The molecule has 0 aliphatic rings. The molecule has 3 aromatic heterocycles. The summed E-state index contributed by atoms with van der Waals surface area (Å²) in [4.78, 5) is 31.1. The zero-order valence-corrected chi connectivity index (χ0v) is 20.4. The van der Waals surface area contributed by atoms with Crippen molar-refractivity contribution in [2.45, 2.75) is 13.0 Å². The number of nitrogens with zero attached hydrogens (tertiary/aromatic N) is 5. The highest BCUT2D eigenvalue weighted by Crippen LogP contribution is 2.26. The molecular formula is C27H21ClN8O. The smallest absolute Gasteiger partial charge is 0.267 e. The zero-order valence-electron chi connectivity index (χ0n) is 19.7. The van der Waals surface area contributed by atoms with E-state index in [0.717, 1.165) is 0 Å². The van der Waals surface area contributed by atoms with Crippen molar-refractivity contribution in [3.8, 4) is 17.5 Å². The first-order valence-electron chi connectivity index (χ1n) is 11.3. The van der Waals surface area contributed by atoms with Crippen LogP contribution in [0.15, 0.2) is 77.9 Å². The highest BCUT2D eigenvalue weighted by molar-refractivity contribution is 6.35. The van der Waals surface area contributed by atoms with Crippen LogP contribution in [0.25, 0.3) is 16.6 Å². The third kappa shape index (κ3) is 4.78. The number of fused-ring (bicyclic) bond motifs is 1. The van der Waals surface area contributed by atoms with Gasteiger partial charge in [-0.1, -0.05) is 47.9 Å². The van der Waals surface area contributed by atoms with Gasteiger partial charge in [-0.3, -0.25) is 9.36 Å². The van der Waals surface area contributed by atoms with E-state index in [9.17, 15) is 4.79 Å². The number of para-hydroxylation sites is 1. The van der Waals surface area contributed by atoms with E-state index in [4.69, 9.17) is 28.1 Å². The molecule has 9 nitrogen and oxygen atoms in total. The predicted molar refractivity (Wildman–Crippen MR) is 145 cm³/mol. The molecule has 0 spiro atoms. The van der Waals surface area contributed by atoms with Gasteiger partial charge < -0.3 is 16.8 Å². The normalized spacial score (nSPS) is 11.5. The topological polar surface area (TPSA) is 138 Å². The Morgan fingerprint density at radius 2 is 1.73 bits per heavy atom. The summed E-state index contributed by atoms with van der Waals surface area (Å²) in [6, 6.07) is 19.1. The number of halogens is 1. The minimum absolute atomic E-state index is 0.194. The molecule has 0 amide bonds. The van der Waals surface area contributed by atoms with Gasteiger partial charge in [0.1, 0.15) is 40.9 Å². The standard InChI is InChI=1S/C27H21ClN8O/c1-16(33-25-19(24(30)31-15-32-25)14-13-17-7-5-12-22(29)34-17)26-35-21-11-6-10-20(28)23(21)27(37)36(26)18-8-3-2-4-9-18/h2-12,15-16H,1H3,(H2,29,34)(H3,30,31,32,33). The monoisotopic (exact) mass is 508 g/mol. The van der Waals surface area contributed by atoms with Gasteiger partial charge in [-0.2, -0.15) is 0 Å². The van der Waals surface area contributed by atoms with Crippen LogP contribution in [-0.4, -0.2) is 24.5 Å². The van der Waals surface area contributed by atoms with Crippen molar-refractivity contribution in [1.29, 1.82) is 0 Å². The molecule has 10 heteroatoms. The lowest BCUT2D eigenvalue weighted by molar-refractivity contribution is 0.730. The van der Waals surface area contributed by atoms with Crippen molar-refractivity contribution in [3.05, 3.63) is 106 Å². The molecule has 3 heterocycles. The van der Waals surface area contributed by atoms with E-state index in [1.54, 1.807) is 41.0 Å². The second-order valence-electron chi connectivity index (χ2n) is 8.13. The van der Waals surface area contributed by atoms with Crippen LogP contribution >= 0.6 is 11.6 Å². The van der Waals surface area contributed by atoms with Gasteiger partial charge in [0.2, 0.25) is 0 Å². The van der Waals surface area contributed by atoms with Crippen LogP contribution < -0.4 is 22.3 Å². The fourth-order valence-corrected chi connectivity index (χ4v) is 4.12. The Morgan fingerprint density at radius 1 is 0.946 bits per heavy atom. The number of pyridine rings is 1. The summed E-state index contributed by atoms with van der Waals surface area (Å²) in [7, 11) is 0. The second-order valence-corrected chi connectivity index (χ2v) is 8.53. The number of hydrogen-bond acceptors (Lipinski definition) is 8. The number of aromatic nitrogens is 5. The molecule has 0 radical (unpaired) electrons. The zero-order chi connectivity index (χ0) is 25.9. The molecule has 37 heavy (non-hydrogen) atoms. The number of anilines is 3. The third-order valence-electron chi connectivity index (χ3n) is 5.59. The van der Waals surface area contributed by atoms with Crippen molar-refractivity contribution in [3.63, 3.8) is 0 Å². The molecule has 1 unspecified atom stereocenters. The van der Waals surface area contributed by atoms with Gasteiger partial charge in [-0.05, 0) is 49.2 Å². The van der Waals surface area contributed by atoms with E-state index in [0.29, 0.717) is 50.3 Å². The fourth-order valence-electron chi connectivity index (χ4n) is 3.87. The molecule has 0 aliphatic heterocycles. The van der Waals surface area contributed by atoms with Gasteiger partial charge in [-0.15, -0.1) is 0 Å². The number of nitrogen functional groups attached to an aromatic ring is 2. The van der Waals surface area contributed by atoms with Crippen molar-refractivity contribution < 1.29 is 0 Å². The van der Waals surface area contributed by atoms with E-state index in [2.05, 4.69) is 32.1 Å². The van der Waals surface area contributed by atoms with Crippen molar-refractivity contribution in [1.82, 2.24) is 24.5 Å². The Bertz CT molecular complexity index is 1740. The van der Waals surface area contributed by atoms with Crippen LogP contribution in [0.2, 0.25) is 5.02 Å². The maximum Gasteiger partial charge on any atom is 0.267 e. The van der Waals surface area contributed by atoms with Crippen molar-refractivity contribution >= 4 is 40.0 Å². The third-order valence-corrected chi connectivity index (χ3v) is 5.91. The quantitative estimate of drug-likeness (QED) is 0.310. The largest absolute Gasteiger partial charge is 0.384 e. The van der Waals surface area contributed by atoms with Crippen LogP contribution in [0.4, 0.5) is 17.5 Å². The summed E-state index contributed by atoms with van der Waals surface area (Å²) in [5, 5.41) is 3.98. The molecular weight excluding hydrogens is 488 g/mol. The van der Waals surface area contributed by atoms with E-state index in [1.807, 2.05) is 37.3 Å². The SMILES string of the molecule is CC(Nc1ncnc(N)c1C#Cc1cccc(N)n1)c1nc2cccc(Cl)c2c(=O)n1-c1ccccc1. The minimum Gasteiger partial charge on any atom is -0.384 e. The molecule has 1 atom stereocenters. The summed E-state index contributed by atoms with van der Waals surface area (Å²) in [5.74, 6) is 7.33. The minimum atomic E-state index is -0.489. The van der Waals surface area contributed by atoms with Gasteiger partial charge >= 0.3 is 0 Å². The predicted octanol–water partition coefficient (Wildman–Crippen LogP) is 3.96. The van der Waals surface area contributed by atoms with Gasteiger partial charge in [0.25, 0.3) is 5.56 Å². The number of nitrogens with two attached hydrogens (primary N) is 2. The first kappa shape index (κ1) is 23.8. The molecule has 182 valence electrons. The van der Waals surface area contributed by atoms with E-state index >= 15 is 0 Å². The molecule has 0 fully saturated rings. The Hall–Kier alpha value is -4.94. The van der Waals surface area contributed by atoms with Gasteiger partial charge in [-0.25, -0.2) is 19.9 Å². The van der Waals surface area contributed by atoms with Crippen LogP contribution in [0.1, 0.15) is 30.0 Å². The van der Waals surface area contributed by atoms with Crippen LogP contribution in [0.5, 0.6) is 0 Å². The fraction of sp³-hybridized carbons (Fsp3) is 0.0741.